The molecular weight excluding hydrogens is 267 g/mol. The van der Waals surface area contributed by atoms with Gasteiger partial charge in [-0.3, -0.25) is 10.1 Å². The summed E-state index contributed by atoms with van der Waals surface area (Å²) < 4.78 is 13.2. The van der Waals surface area contributed by atoms with E-state index in [1.54, 1.807) is 11.3 Å². The van der Waals surface area contributed by atoms with Crippen LogP contribution in [-0.4, -0.2) is 4.92 Å². The molecule has 1 N–H and O–H groups in total. The Labute approximate surface area is 114 Å². The minimum Gasteiger partial charge on any atom is -0.375 e. The van der Waals surface area contributed by atoms with Crippen molar-refractivity contribution in [2.45, 2.75) is 19.9 Å². The van der Waals surface area contributed by atoms with Crippen LogP contribution in [0.3, 0.4) is 0 Å². The number of rotatable bonds is 5. The molecule has 19 heavy (non-hydrogen) atoms. The Bertz CT molecular complexity index is 598. The van der Waals surface area contributed by atoms with Crippen LogP contribution in [0.5, 0.6) is 0 Å². The van der Waals surface area contributed by atoms with E-state index in [0.717, 1.165) is 23.4 Å². The average Bonchev–Trinajstić information content (AvgIpc) is 2.83. The molecule has 6 heteroatoms. The fraction of sp³-hybridized carbons (Fsp3) is 0.231. The van der Waals surface area contributed by atoms with E-state index in [2.05, 4.69) is 12.2 Å². The van der Waals surface area contributed by atoms with Gasteiger partial charge in [-0.2, -0.15) is 0 Å². The van der Waals surface area contributed by atoms with E-state index in [9.17, 15) is 14.5 Å². The molecule has 1 aromatic carbocycles. The summed E-state index contributed by atoms with van der Waals surface area (Å²) >= 11 is 1.59. The van der Waals surface area contributed by atoms with Crippen molar-refractivity contribution < 1.29 is 9.31 Å². The first kappa shape index (κ1) is 13.5. The van der Waals surface area contributed by atoms with Crippen LogP contribution in [0.25, 0.3) is 0 Å². The Morgan fingerprint density at radius 2 is 2.21 bits per heavy atom. The highest BCUT2D eigenvalue weighted by molar-refractivity contribution is 7.10. The smallest absolute Gasteiger partial charge is 0.292 e. The summed E-state index contributed by atoms with van der Waals surface area (Å²) in [6, 6.07) is 5.44. The third-order valence-electron chi connectivity index (χ3n) is 2.81. The van der Waals surface area contributed by atoms with Gasteiger partial charge in [-0.1, -0.05) is 6.92 Å². The minimum atomic E-state index is -0.517. The second-order valence-corrected chi connectivity index (χ2v) is 5.00. The van der Waals surface area contributed by atoms with Crippen LogP contribution in [0.15, 0.2) is 29.6 Å². The van der Waals surface area contributed by atoms with Crippen molar-refractivity contribution in [3.05, 3.63) is 56.0 Å². The lowest BCUT2D eigenvalue weighted by Crippen LogP contribution is -2.03. The molecule has 0 aliphatic heterocycles. The van der Waals surface area contributed by atoms with E-state index in [1.807, 2.05) is 11.4 Å². The standard InChI is InChI=1S/C13H13FN2O2S/c1-2-9-5-6-19-13(9)8-15-11-7-10(14)3-4-12(11)16(17)18/h3-7,15H,2,8H2,1H3. The third kappa shape index (κ3) is 3.08. The first-order chi connectivity index (χ1) is 9.11. The van der Waals surface area contributed by atoms with Gasteiger partial charge in [0.15, 0.2) is 0 Å². The summed E-state index contributed by atoms with van der Waals surface area (Å²) in [5.41, 5.74) is 1.30. The van der Waals surface area contributed by atoms with Crippen molar-refractivity contribution in [3.8, 4) is 0 Å². The molecule has 1 aromatic heterocycles. The normalized spacial score (nSPS) is 10.4. The molecule has 0 aliphatic rings. The van der Waals surface area contributed by atoms with Crippen molar-refractivity contribution >= 4 is 22.7 Å². The SMILES string of the molecule is CCc1ccsc1CNc1cc(F)ccc1[N+](=O)[O-]. The molecule has 0 unspecified atom stereocenters. The number of nitro benzene ring substituents is 1. The molecule has 0 aliphatic carbocycles. The van der Waals surface area contributed by atoms with Gasteiger partial charge in [-0.25, -0.2) is 4.39 Å². The fourth-order valence-corrected chi connectivity index (χ4v) is 2.74. The van der Waals surface area contributed by atoms with Gasteiger partial charge in [0.1, 0.15) is 11.5 Å². The highest BCUT2D eigenvalue weighted by Crippen LogP contribution is 2.26. The summed E-state index contributed by atoms with van der Waals surface area (Å²) in [6.07, 6.45) is 0.908. The Balaban J connectivity index is 2.19. The first-order valence-electron chi connectivity index (χ1n) is 5.85. The molecule has 0 radical (unpaired) electrons. The van der Waals surface area contributed by atoms with E-state index in [0.29, 0.717) is 6.54 Å². The van der Waals surface area contributed by atoms with Crippen LogP contribution >= 0.6 is 11.3 Å². The minimum absolute atomic E-state index is 0.115. The van der Waals surface area contributed by atoms with Crippen molar-refractivity contribution in [2.24, 2.45) is 0 Å². The number of nitrogens with one attached hydrogen (secondary N) is 1. The number of nitro groups is 1. The molecule has 0 atom stereocenters. The highest BCUT2D eigenvalue weighted by atomic mass is 32.1. The van der Waals surface area contributed by atoms with Gasteiger partial charge >= 0.3 is 0 Å². The molecule has 100 valence electrons. The second kappa shape index (κ2) is 5.79. The van der Waals surface area contributed by atoms with E-state index in [1.165, 1.54) is 11.6 Å². The van der Waals surface area contributed by atoms with Crippen LogP contribution < -0.4 is 5.32 Å². The van der Waals surface area contributed by atoms with Gasteiger partial charge in [-0.15, -0.1) is 11.3 Å². The molecule has 1 heterocycles. The maximum absolute atomic E-state index is 13.2. The zero-order chi connectivity index (χ0) is 13.8. The van der Waals surface area contributed by atoms with Crippen LogP contribution in [0.4, 0.5) is 15.8 Å². The van der Waals surface area contributed by atoms with E-state index in [4.69, 9.17) is 0 Å². The van der Waals surface area contributed by atoms with Crippen molar-refractivity contribution in [1.82, 2.24) is 0 Å². The molecular formula is C13H13FN2O2S. The Morgan fingerprint density at radius 3 is 2.89 bits per heavy atom. The maximum Gasteiger partial charge on any atom is 0.292 e. The predicted molar refractivity (Wildman–Crippen MR) is 74.1 cm³/mol. The Kier molecular flexibility index (Phi) is 4.11. The molecule has 0 amide bonds. The van der Waals surface area contributed by atoms with Gasteiger partial charge in [0.05, 0.1) is 4.92 Å². The van der Waals surface area contributed by atoms with Gasteiger partial charge in [0, 0.05) is 23.6 Å². The number of anilines is 1. The Hall–Kier alpha value is -1.95. The lowest BCUT2D eigenvalue weighted by atomic mass is 10.2. The summed E-state index contributed by atoms with van der Waals surface area (Å²) in [5, 5.41) is 15.8. The molecule has 0 saturated carbocycles. The topological polar surface area (TPSA) is 55.2 Å². The summed E-state index contributed by atoms with van der Waals surface area (Å²) in [5.74, 6) is -0.491. The number of aryl methyl sites for hydroxylation is 1. The number of halogens is 1. The van der Waals surface area contributed by atoms with Crippen molar-refractivity contribution in [3.63, 3.8) is 0 Å². The average molecular weight is 280 g/mol. The van der Waals surface area contributed by atoms with Crippen LogP contribution in [-0.2, 0) is 13.0 Å². The number of thiophene rings is 1. The number of nitrogens with zero attached hydrogens (tertiary/aromatic N) is 1. The predicted octanol–water partition coefficient (Wildman–Crippen LogP) is 3.97. The Morgan fingerprint density at radius 1 is 1.42 bits per heavy atom. The molecule has 0 bridgehead atoms. The van der Waals surface area contributed by atoms with Crippen LogP contribution in [0.1, 0.15) is 17.4 Å². The van der Waals surface area contributed by atoms with E-state index >= 15 is 0 Å². The zero-order valence-electron chi connectivity index (χ0n) is 10.4. The summed E-state index contributed by atoms with van der Waals surface area (Å²) in [7, 11) is 0. The number of hydrogen-bond acceptors (Lipinski definition) is 4. The van der Waals surface area contributed by atoms with Gasteiger partial charge in [-0.05, 0) is 29.5 Å². The highest BCUT2D eigenvalue weighted by Gasteiger charge is 2.14. The monoisotopic (exact) mass is 280 g/mol. The van der Waals surface area contributed by atoms with Crippen LogP contribution in [0, 0.1) is 15.9 Å². The third-order valence-corrected chi connectivity index (χ3v) is 3.78. The molecule has 0 fully saturated rings. The summed E-state index contributed by atoms with van der Waals surface area (Å²) in [6.45, 7) is 2.52. The van der Waals surface area contributed by atoms with Crippen LogP contribution in [0.2, 0.25) is 0 Å². The zero-order valence-corrected chi connectivity index (χ0v) is 11.2. The number of hydrogen-bond donors (Lipinski definition) is 1. The van der Waals surface area contributed by atoms with Gasteiger partial charge in [0.25, 0.3) is 5.69 Å². The summed E-state index contributed by atoms with van der Waals surface area (Å²) in [4.78, 5) is 11.5. The molecule has 0 saturated heterocycles. The van der Waals surface area contributed by atoms with Gasteiger partial charge in [0.2, 0.25) is 0 Å². The van der Waals surface area contributed by atoms with E-state index < -0.39 is 10.7 Å². The van der Waals surface area contributed by atoms with Gasteiger partial charge < -0.3 is 5.32 Å². The molecule has 0 spiro atoms. The molecule has 2 aromatic rings. The fourth-order valence-electron chi connectivity index (χ4n) is 1.82. The first-order valence-corrected chi connectivity index (χ1v) is 6.73. The van der Waals surface area contributed by atoms with E-state index in [-0.39, 0.29) is 11.4 Å². The second-order valence-electron chi connectivity index (χ2n) is 3.99. The maximum atomic E-state index is 13.2. The lowest BCUT2D eigenvalue weighted by Gasteiger charge is -2.07. The number of benzene rings is 1. The molecule has 2 rings (SSSR count). The lowest BCUT2D eigenvalue weighted by molar-refractivity contribution is -0.384. The van der Waals surface area contributed by atoms with Crippen molar-refractivity contribution in [2.75, 3.05) is 5.32 Å². The molecule has 4 nitrogen and oxygen atoms in total. The van der Waals surface area contributed by atoms with Crippen molar-refractivity contribution in [1.29, 1.82) is 0 Å². The largest absolute Gasteiger partial charge is 0.375 e. The quantitative estimate of drug-likeness (QED) is 0.666.